The van der Waals surface area contributed by atoms with E-state index in [0.29, 0.717) is 28.9 Å². The van der Waals surface area contributed by atoms with Gasteiger partial charge in [-0.25, -0.2) is 15.0 Å². The van der Waals surface area contributed by atoms with Gasteiger partial charge in [-0.2, -0.15) is 13.2 Å². The quantitative estimate of drug-likeness (QED) is 0.305. The van der Waals surface area contributed by atoms with Gasteiger partial charge in [0.2, 0.25) is 0 Å². The number of ketones is 1. The Hall–Kier alpha value is -2.36. The summed E-state index contributed by atoms with van der Waals surface area (Å²) in [7, 11) is 0. The molecule has 0 amide bonds. The van der Waals surface area contributed by atoms with Gasteiger partial charge >= 0.3 is 6.18 Å². The average molecular weight is 523 g/mol. The Bertz CT molecular complexity index is 1200. The molecule has 3 aromatic rings. The number of hydrogen-bond acceptors (Lipinski definition) is 6. The fraction of sp³-hybridized carbons (Fsp3) is 0.440. The van der Waals surface area contributed by atoms with E-state index >= 15 is 0 Å². The average Bonchev–Trinajstić information content (AvgIpc) is 3.41. The number of alkyl halides is 3. The van der Waals surface area contributed by atoms with Crippen LogP contribution in [0.2, 0.25) is 5.15 Å². The molecule has 0 unspecified atom stereocenters. The molecule has 0 spiro atoms. The highest BCUT2D eigenvalue weighted by atomic mass is 35.5. The SMILES string of the molecule is CCC[C@@H]1CCCN1Cc1sc(CC(=O)c2cnc(Cl)cn2)nc1-c1ccc(C)c(C(F)(F)F)c1. The molecule has 1 saturated heterocycles. The number of aromatic nitrogens is 3. The van der Waals surface area contributed by atoms with Crippen LogP contribution in [-0.2, 0) is 19.1 Å². The fourth-order valence-corrected chi connectivity index (χ4v) is 5.73. The molecule has 1 aliphatic rings. The van der Waals surface area contributed by atoms with Crippen molar-refractivity contribution < 1.29 is 18.0 Å². The zero-order valence-corrected chi connectivity index (χ0v) is 21.1. The number of carbonyl (C=O) groups is 1. The largest absolute Gasteiger partial charge is 0.416 e. The van der Waals surface area contributed by atoms with Crippen LogP contribution in [0.5, 0.6) is 0 Å². The van der Waals surface area contributed by atoms with Gasteiger partial charge in [-0.15, -0.1) is 11.3 Å². The van der Waals surface area contributed by atoms with Crippen LogP contribution >= 0.6 is 22.9 Å². The first-order chi connectivity index (χ1) is 16.7. The molecule has 1 aromatic carbocycles. The van der Waals surface area contributed by atoms with Crippen molar-refractivity contribution in [2.75, 3.05) is 6.54 Å². The normalized spacial score (nSPS) is 16.7. The van der Waals surface area contributed by atoms with Crippen LogP contribution in [0.25, 0.3) is 11.3 Å². The summed E-state index contributed by atoms with van der Waals surface area (Å²) < 4.78 is 40.8. The second-order valence-corrected chi connectivity index (χ2v) is 10.3. The fourth-order valence-electron chi connectivity index (χ4n) is 4.52. The maximum atomic E-state index is 13.6. The molecule has 1 atom stereocenters. The first-order valence-electron chi connectivity index (χ1n) is 11.6. The zero-order chi connectivity index (χ0) is 25.2. The Morgan fingerprint density at radius 2 is 2.06 bits per heavy atom. The minimum Gasteiger partial charge on any atom is -0.295 e. The minimum absolute atomic E-state index is 0.00957. The summed E-state index contributed by atoms with van der Waals surface area (Å²) in [5.41, 5.74) is 0.577. The lowest BCUT2D eigenvalue weighted by Crippen LogP contribution is -2.28. The van der Waals surface area contributed by atoms with Gasteiger partial charge < -0.3 is 0 Å². The number of carbonyl (C=O) groups excluding carboxylic acids is 1. The first kappa shape index (κ1) is 25.7. The molecule has 0 radical (unpaired) electrons. The summed E-state index contributed by atoms with van der Waals surface area (Å²) in [5, 5.41) is 0.726. The van der Waals surface area contributed by atoms with Crippen molar-refractivity contribution in [3.8, 4) is 11.3 Å². The zero-order valence-electron chi connectivity index (χ0n) is 19.5. The van der Waals surface area contributed by atoms with E-state index in [-0.39, 0.29) is 28.6 Å². The van der Waals surface area contributed by atoms with Crippen LogP contribution < -0.4 is 0 Å². The van der Waals surface area contributed by atoms with E-state index in [1.54, 1.807) is 6.07 Å². The van der Waals surface area contributed by atoms with Crippen LogP contribution in [0, 0.1) is 6.92 Å². The number of rotatable bonds is 8. The molecule has 35 heavy (non-hydrogen) atoms. The lowest BCUT2D eigenvalue weighted by Gasteiger charge is -2.23. The molecular weight excluding hydrogens is 497 g/mol. The van der Waals surface area contributed by atoms with Crippen LogP contribution in [0.1, 0.15) is 64.1 Å². The van der Waals surface area contributed by atoms with Gasteiger partial charge in [-0.3, -0.25) is 9.69 Å². The third-order valence-electron chi connectivity index (χ3n) is 6.24. The van der Waals surface area contributed by atoms with E-state index in [1.807, 2.05) is 0 Å². The van der Waals surface area contributed by atoms with Crippen molar-refractivity contribution in [2.24, 2.45) is 0 Å². The molecule has 1 aliphatic heterocycles. The van der Waals surface area contributed by atoms with Crippen molar-refractivity contribution in [3.63, 3.8) is 0 Å². The monoisotopic (exact) mass is 522 g/mol. The minimum atomic E-state index is -4.45. The summed E-state index contributed by atoms with van der Waals surface area (Å²) in [4.78, 5) is 28.6. The highest BCUT2D eigenvalue weighted by Gasteiger charge is 2.33. The second kappa shape index (κ2) is 10.7. The number of aryl methyl sites for hydroxylation is 1. The summed E-state index contributed by atoms with van der Waals surface area (Å²) in [6.07, 6.45) is 2.53. The van der Waals surface area contributed by atoms with Crippen molar-refractivity contribution >= 4 is 28.7 Å². The van der Waals surface area contributed by atoms with Crippen molar-refractivity contribution in [2.45, 2.75) is 64.7 Å². The van der Waals surface area contributed by atoms with E-state index in [2.05, 4.69) is 26.8 Å². The molecule has 4 rings (SSSR count). The lowest BCUT2D eigenvalue weighted by atomic mass is 10.0. The number of hydrogen-bond donors (Lipinski definition) is 0. The van der Waals surface area contributed by atoms with Crippen LogP contribution in [0.4, 0.5) is 13.2 Å². The van der Waals surface area contributed by atoms with Gasteiger partial charge in [0.15, 0.2) is 5.78 Å². The van der Waals surface area contributed by atoms with Gasteiger partial charge in [0, 0.05) is 23.0 Å². The predicted molar refractivity (Wildman–Crippen MR) is 131 cm³/mol. The van der Waals surface area contributed by atoms with Crippen molar-refractivity contribution in [3.05, 3.63) is 62.5 Å². The third-order valence-corrected chi connectivity index (χ3v) is 7.48. The topological polar surface area (TPSA) is 59.0 Å². The van der Waals surface area contributed by atoms with E-state index in [0.717, 1.165) is 43.2 Å². The molecule has 1 fully saturated rings. The molecule has 0 saturated carbocycles. The highest BCUT2D eigenvalue weighted by Crippen LogP contribution is 2.37. The summed E-state index contributed by atoms with van der Waals surface area (Å²) in [6.45, 7) is 5.15. The summed E-state index contributed by atoms with van der Waals surface area (Å²) in [6, 6.07) is 4.77. The van der Waals surface area contributed by atoms with Crippen LogP contribution in [0.15, 0.2) is 30.6 Å². The Labute approximate surface area is 211 Å². The molecule has 0 N–H and O–H groups in total. The van der Waals surface area contributed by atoms with Crippen LogP contribution in [0.3, 0.4) is 0 Å². The van der Waals surface area contributed by atoms with E-state index in [1.165, 1.54) is 36.7 Å². The lowest BCUT2D eigenvalue weighted by molar-refractivity contribution is -0.138. The van der Waals surface area contributed by atoms with Crippen molar-refractivity contribution in [1.29, 1.82) is 0 Å². The molecule has 10 heteroatoms. The Balaban J connectivity index is 1.69. The molecule has 0 bridgehead atoms. The maximum Gasteiger partial charge on any atom is 0.416 e. The number of nitrogens with zero attached hydrogens (tertiary/aromatic N) is 4. The van der Waals surface area contributed by atoms with Gasteiger partial charge in [-0.1, -0.05) is 37.1 Å². The maximum absolute atomic E-state index is 13.6. The van der Waals surface area contributed by atoms with Crippen molar-refractivity contribution in [1.82, 2.24) is 19.9 Å². The standard InChI is InChI=1S/C25H26ClF3N4OS/c1-3-5-17-6-4-9-33(17)14-21-24(16-8-7-15(2)18(10-16)25(27,28)29)32-23(35-21)11-20(34)19-12-31-22(26)13-30-19/h7-8,10,12-13,17H,3-6,9,11,14H2,1-2H3/t17-/m1/s1. The Morgan fingerprint density at radius 3 is 2.74 bits per heavy atom. The number of thiazole rings is 1. The van der Waals surface area contributed by atoms with E-state index < -0.39 is 11.7 Å². The van der Waals surface area contributed by atoms with E-state index in [9.17, 15) is 18.0 Å². The molecule has 0 aliphatic carbocycles. The Morgan fingerprint density at radius 1 is 1.26 bits per heavy atom. The molecular formula is C25H26ClF3N4OS. The predicted octanol–water partition coefficient (Wildman–Crippen LogP) is 6.77. The number of Topliss-reactive ketones (excluding diaryl/α,β-unsaturated/α-hetero) is 1. The first-order valence-corrected chi connectivity index (χ1v) is 12.8. The van der Waals surface area contributed by atoms with E-state index in [4.69, 9.17) is 11.6 Å². The van der Waals surface area contributed by atoms with Gasteiger partial charge in [0.25, 0.3) is 0 Å². The third kappa shape index (κ3) is 6.08. The highest BCUT2D eigenvalue weighted by molar-refractivity contribution is 7.12. The van der Waals surface area contributed by atoms with Crippen LogP contribution in [-0.4, -0.2) is 38.2 Å². The number of benzene rings is 1. The number of likely N-dealkylation sites (tertiary alicyclic amines) is 1. The van der Waals surface area contributed by atoms with Gasteiger partial charge in [-0.05, 0) is 44.4 Å². The van der Waals surface area contributed by atoms with Gasteiger partial charge in [0.1, 0.15) is 15.9 Å². The molecule has 2 aromatic heterocycles. The molecule has 5 nitrogen and oxygen atoms in total. The Kier molecular flexibility index (Phi) is 7.88. The smallest absolute Gasteiger partial charge is 0.295 e. The molecule has 186 valence electrons. The molecule has 3 heterocycles. The summed E-state index contributed by atoms with van der Waals surface area (Å²) in [5.74, 6) is -0.272. The summed E-state index contributed by atoms with van der Waals surface area (Å²) >= 11 is 7.14. The second-order valence-electron chi connectivity index (χ2n) is 8.79. The van der Waals surface area contributed by atoms with Gasteiger partial charge in [0.05, 0.1) is 30.1 Å². The number of halogens is 4.